The van der Waals surface area contributed by atoms with Crippen LogP contribution in [0.4, 0.5) is 0 Å². The van der Waals surface area contributed by atoms with E-state index in [0.29, 0.717) is 22.0 Å². The maximum atomic E-state index is 13.3. The molecule has 0 bridgehead atoms. The van der Waals surface area contributed by atoms with Crippen molar-refractivity contribution < 1.29 is 18.3 Å². The smallest absolute Gasteiger partial charge is 0.335 e. The largest absolute Gasteiger partial charge is 0.478 e. The minimum absolute atomic E-state index is 0.146. The van der Waals surface area contributed by atoms with Crippen LogP contribution in [0.1, 0.15) is 56.3 Å². The summed E-state index contributed by atoms with van der Waals surface area (Å²) >= 11 is 12.2. The standard InChI is InChI=1S/C40H36Cl2N2O4S/c41-35-23-20-29(26-36(35)42)27-49(47,48)43-25-24-38-34(16-9-10-28-18-21-32(22-19-28)40(45)46)33-15-7-8-17-37(33)44(38)39(30-11-3-1-4-12-30)31-13-5-2-6-14-31/h1-8,11-15,17-23,26,39,43H,9-10,16,24-25,27H2,(H,45,46). The molecule has 0 amide bonds. The first kappa shape index (κ1) is 34.5. The topological polar surface area (TPSA) is 88.4 Å². The number of para-hydroxylation sites is 1. The summed E-state index contributed by atoms with van der Waals surface area (Å²) < 4.78 is 31.8. The van der Waals surface area contributed by atoms with Crippen molar-refractivity contribution in [3.63, 3.8) is 0 Å². The molecule has 250 valence electrons. The van der Waals surface area contributed by atoms with E-state index in [4.69, 9.17) is 23.2 Å². The van der Waals surface area contributed by atoms with Gasteiger partial charge in [-0.2, -0.15) is 0 Å². The van der Waals surface area contributed by atoms with Gasteiger partial charge in [-0.25, -0.2) is 17.9 Å². The number of nitrogens with one attached hydrogen (secondary N) is 1. The predicted molar refractivity (Wildman–Crippen MR) is 198 cm³/mol. The summed E-state index contributed by atoms with van der Waals surface area (Å²) in [4.78, 5) is 11.3. The summed E-state index contributed by atoms with van der Waals surface area (Å²) in [7, 11) is -3.68. The third kappa shape index (κ3) is 8.26. The molecular weight excluding hydrogens is 675 g/mol. The van der Waals surface area contributed by atoms with Crippen molar-refractivity contribution >= 4 is 50.1 Å². The zero-order valence-electron chi connectivity index (χ0n) is 26.7. The number of halogens is 2. The molecule has 0 fully saturated rings. The van der Waals surface area contributed by atoms with Crippen molar-refractivity contribution in [1.82, 2.24) is 9.29 Å². The molecule has 0 radical (unpaired) electrons. The van der Waals surface area contributed by atoms with Crippen LogP contribution in [0.25, 0.3) is 10.9 Å². The van der Waals surface area contributed by atoms with Crippen LogP contribution in [0, 0.1) is 0 Å². The van der Waals surface area contributed by atoms with E-state index in [1.54, 1.807) is 30.3 Å². The molecule has 0 unspecified atom stereocenters. The molecule has 0 atom stereocenters. The number of hydrogen-bond acceptors (Lipinski definition) is 3. The van der Waals surface area contributed by atoms with Crippen LogP contribution in [-0.4, -0.2) is 30.6 Å². The number of benzene rings is 5. The van der Waals surface area contributed by atoms with Crippen LogP contribution in [0.3, 0.4) is 0 Å². The van der Waals surface area contributed by atoms with Gasteiger partial charge in [0.25, 0.3) is 0 Å². The first-order valence-electron chi connectivity index (χ1n) is 16.1. The first-order chi connectivity index (χ1) is 23.7. The lowest BCUT2D eigenvalue weighted by molar-refractivity contribution is 0.0697. The Labute approximate surface area is 297 Å². The monoisotopic (exact) mass is 710 g/mol. The summed E-state index contributed by atoms with van der Waals surface area (Å²) in [6.45, 7) is 0.208. The Balaban J connectivity index is 1.37. The Hall–Kier alpha value is -4.40. The highest BCUT2D eigenvalue weighted by Gasteiger charge is 2.25. The fourth-order valence-corrected chi connectivity index (χ4v) is 7.95. The molecule has 1 aromatic heterocycles. The van der Waals surface area contributed by atoms with Crippen molar-refractivity contribution in [2.24, 2.45) is 0 Å². The van der Waals surface area contributed by atoms with Crippen LogP contribution < -0.4 is 4.72 Å². The van der Waals surface area contributed by atoms with E-state index < -0.39 is 16.0 Å². The van der Waals surface area contributed by atoms with Crippen molar-refractivity contribution in [3.8, 4) is 0 Å². The van der Waals surface area contributed by atoms with E-state index in [2.05, 4.69) is 45.7 Å². The van der Waals surface area contributed by atoms with Gasteiger partial charge in [-0.05, 0) is 77.4 Å². The molecule has 6 nitrogen and oxygen atoms in total. The number of aromatic carboxylic acids is 1. The summed E-state index contributed by atoms with van der Waals surface area (Å²) in [6.07, 6.45) is 2.83. The lowest BCUT2D eigenvalue weighted by Gasteiger charge is -2.25. The van der Waals surface area contributed by atoms with E-state index in [-0.39, 0.29) is 23.9 Å². The van der Waals surface area contributed by atoms with Gasteiger partial charge < -0.3 is 9.67 Å². The number of carboxylic acid groups (broad SMARTS) is 1. The number of carboxylic acids is 1. The van der Waals surface area contributed by atoms with Gasteiger partial charge in [-0.3, -0.25) is 0 Å². The minimum Gasteiger partial charge on any atom is -0.478 e. The molecule has 0 saturated carbocycles. The molecule has 0 spiro atoms. The second-order valence-corrected chi connectivity index (χ2v) is 14.7. The molecular formula is C40H36Cl2N2O4S. The fourth-order valence-electron chi connectivity index (χ4n) is 6.50. The number of aryl methyl sites for hydroxylation is 2. The highest BCUT2D eigenvalue weighted by Crippen LogP contribution is 2.37. The number of sulfonamides is 1. The molecule has 5 aromatic carbocycles. The summed E-state index contributed by atoms with van der Waals surface area (Å²) in [5, 5.41) is 11.1. The SMILES string of the molecule is O=C(O)c1ccc(CCCc2c(CCNS(=O)(=O)Cc3ccc(Cl)c(Cl)c3)n(C(c3ccccc3)c3ccccc3)c3ccccc23)cc1. The highest BCUT2D eigenvalue weighted by molar-refractivity contribution is 7.88. The Bertz CT molecular complexity index is 2130. The Morgan fingerprint density at radius 1 is 0.714 bits per heavy atom. The lowest BCUT2D eigenvalue weighted by Crippen LogP contribution is -2.28. The molecule has 6 rings (SSSR count). The Kier molecular flexibility index (Phi) is 10.9. The summed E-state index contributed by atoms with van der Waals surface area (Å²) in [6, 6.07) is 40.9. The van der Waals surface area contributed by atoms with Gasteiger partial charge in [0.05, 0.1) is 27.4 Å². The van der Waals surface area contributed by atoms with Crippen LogP contribution in [0.15, 0.2) is 127 Å². The molecule has 0 saturated heterocycles. The molecule has 0 aliphatic rings. The minimum atomic E-state index is -3.68. The van der Waals surface area contributed by atoms with Gasteiger partial charge in [0.15, 0.2) is 0 Å². The highest BCUT2D eigenvalue weighted by atomic mass is 35.5. The van der Waals surface area contributed by atoms with Crippen LogP contribution in [0.2, 0.25) is 10.0 Å². The van der Waals surface area contributed by atoms with Crippen LogP contribution in [0.5, 0.6) is 0 Å². The van der Waals surface area contributed by atoms with Crippen LogP contribution in [-0.2, 0) is 35.0 Å². The van der Waals surface area contributed by atoms with E-state index in [1.165, 1.54) is 5.56 Å². The van der Waals surface area contributed by atoms with Gasteiger partial charge in [0.2, 0.25) is 10.0 Å². The zero-order valence-corrected chi connectivity index (χ0v) is 29.1. The van der Waals surface area contributed by atoms with Crippen molar-refractivity contribution in [1.29, 1.82) is 0 Å². The second kappa shape index (κ2) is 15.4. The average molecular weight is 712 g/mol. The van der Waals surface area contributed by atoms with E-state index >= 15 is 0 Å². The second-order valence-electron chi connectivity index (χ2n) is 12.0. The van der Waals surface area contributed by atoms with Gasteiger partial charge >= 0.3 is 5.97 Å². The summed E-state index contributed by atoms with van der Waals surface area (Å²) in [5.41, 5.74) is 7.47. The molecule has 0 aliphatic carbocycles. The normalized spacial score (nSPS) is 11.7. The number of rotatable bonds is 14. The first-order valence-corrected chi connectivity index (χ1v) is 18.5. The van der Waals surface area contributed by atoms with Crippen molar-refractivity contribution in [3.05, 3.63) is 177 Å². The van der Waals surface area contributed by atoms with Crippen molar-refractivity contribution in [2.75, 3.05) is 6.54 Å². The maximum absolute atomic E-state index is 13.3. The molecule has 9 heteroatoms. The number of carbonyl (C=O) groups is 1. The number of fused-ring (bicyclic) bond motifs is 1. The van der Waals surface area contributed by atoms with E-state index in [0.717, 1.165) is 52.5 Å². The molecule has 2 N–H and O–H groups in total. The predicted octanol–water partition coefficient (Wildman–Crippen LogP) is 9.12. The lowest BCUT2D eigenvalue weighted by atomic mass is 9.97. The Morgan fingerprint density at radius 2 is 1.33 bits per heavy atom. The Morgan fingerprint density at radius 3 is 1.96 bits per heavy atom. The molecule has 49 heavy (non-hydrogen) atoms. The number of aromatic nitrogens is 1. The number of hydrogen-bond donors (Lipinski definition) is 2. The van der Waals surface area contributed by atoms with Gasteiger partial charge in [0, 0.05) is 29.6 Å². The zero-order chi connectivity index (χ0) is 34.4. The molecule has 6 aromatic rings. The van der Waals surface area contributed by atoms with Crippen molar-refractivity contribution in [2.45, 2.75) is 37.5 Å². The van der Waals surface area contributed by atoms with Crippen LogP contribution >= 0.6 is 23.2 Å². The average Bonchev–Trinajstić information content (AvgIpc) is 3.40. The number of nitrogens with zero attached hydrogens (tertiary/aromatic N) is 1. The fraction of sp³-hybridized carbons (Fsp3) is 0.175. The molecule has 0 aliphatic heterocycles. The summed E-state index contributed by atoms with van der Waals surface area (Å²) in [5.74, 6) is -1.15. The third-order valence-electron chi connectivity index (χ3n) is 8.73. The van der Waals surface area contributed by atoms with Gasteiger partial charge in [-0.1, -0.05) is 120 Å². The van der Waals surface area contributed by atoms with Gasteiger partial charge in [-0.15, -0.1) is 0 Å². The maximum Gasteiger partial charge on any atom is 0.335 e. The molecule has 1 heterocycles. The van der Waals surface area contributed by atoms with E-state index in [9.17, 15) is 18.3 Å². The quantitative estimate of drug-likeness (QED) is 0.118. The van der Waals surface area contributed by atoms with E-state index in [1.807, 2.05) is 60.7 Å². The van der Waals surface area contributed by atoms with Gasteiger partial charge in [0.1, 0.15) is 0 Å². The third-order valence-corrected chi connectivity index (χ3v) is 10.8.